The number of unbranched alkanes of at least 4 members (excludes halogenated alkanes) is 24. The van der Waals surface area contributed by atoms with Gasteiger partial charge in [-0.05, 0) is 89.9 Å². The Labute approximate surface area is 456 Å². The van der Waals surface area contributed by atoms with Crippen LogP contribution in [0.4, 0.5) is 0 Å². The van der Waals surface area contributed by atoms with Gasteiger partial charge >= 0.3 is 17.9 Å². The lowest BCUT2D eigenvalue weighted by Gasteiger charge is -2.18. The highest BCUT2D eigenvalue weighted by Gasteiger charge is 2.19. The Kier molecular flexibility index (Phi) is 57.9. The molecule has 74 heavy (non-hydrogen) atoms. The molecule has 0 aliphatic carbocycles. The van der Waals surface area contributed by atoms with E-state index in [4.69, 9.17) is 14.2 Å². The van der Waals surface area contributed by atoms with Crippen LogP contribution in [0.5, 0.6) is 0 Å². The first-order valence-corrected chi connectivity index (χ1v) is 30.5. The maximum absolute atomic E-state index is 12.8. The second-order valence-electron chi connectivity index (χ2n) is 19.9. The molecule has 0 fully saturated rings. The Bertz CT molecular complexity index is 1550. The van der Waals surface area contributed by atoms with Crippen LogP contribution in [0.2, 0.25) is 0 Å². The first kappa shape index (κ1) is 69.8. The van der Waals surface area contributed by atoms with E-state index in [-0.39, 0.29) is 31.6 Å². The third kappa shape index (κ3) is 58.7. The molecule has 1 atom stereocenters. The molecule has 0 rings (SSSR count). The van der Waals surface area contributed by atoms with Crippen molar-refractivity contribution in [3.8, 4) is 0 Å². The summed E-state index contributed by atoms with van der Waals surface area (Å²) in [6.07, 6.45) is 85.1. The van der Waals surface area contributed by atoms with E-state index in [1.807, 2.05) is 6.08 Å². The summed E-state index contributed by atoms with van der Waals surface area (Å²) in [5, 5.41) is 0. The average Bonchev–Trinajstić information content (AvgIpc) is 3.40. The molecule has 0 aromatic carbocycles. The molecule has 0 heterocycles. The Balaban J connectivity index is 4.37. The number of carbonyl (C=O) groups is 3. The van der Waals surface area contributed by atoms with Gasteiger partial charge in [0.15, 0.2) is 6.10 Å². The number of ether oxygens (including phenoxy) is 3. The van der Waals surface area contributed by atoms with Gasteiger partial charge in [0.05, 0.1) is 6.42 Å². The van der Waals surface area contributed by atoms with E-state index in [1.54, 1.807) is 6.08 Å². The lowest BCUT2D eigenvalue weighted by atomic mass is 10.0. The van der Waals surface area contributed by atoms with Crippen molar-refractivity contribution in [3.63, 3.8) is 0 Å². The second-order valence-corrected chi connectivity index (χ2v) is 19.9. The molecule has 0 amide bonds. The summed E-state index contributed by atoms with van der Waals surface area (Å²) in [6.45, 7) is 6.34. The smallest absolute Gasteiger partial charge is 0.310 e. The highest BCUT2D eigenvalue weighted by molar-refractivity contribution is 5.72. The van der Waals surface area contributed by atoms with Gasteiger partial charge in [0.25, 0.3) is 0 Å². The molecule has 0 aliphatic rings. The van der Waals surface area contributed by atoms with Crippen LogP contribution in [-0.2, 0) is 28.6 Å². The number of hydrogen-bond donors (Lipinski definition) is 0. The van der Waals surface area contributed by atoms with Crippen molar-refractivity contribution in [3.05, 3.63) is 122 Å². The number of carbonyl (C=O) groups excluding carboxylic acids is 3. The van der Waals surface area contributed by atoms with Crippen molar-refractivity contribution in [1.82, 2.24) is 0 Å². The minimum absolute atomic E-state index is 0.0946. The summed E-state index contributed by atoms with van der Waals surface area (Å²) in [6, 6.07) is 0. The van der Waals surface area contributed by atoms with Crippen molar-refractivity contribution in [2.24, 2.45) is 0 Å². The SMILES string of the molecule is CC/C=C\C/C=C\C/C=C\C/C=C\C/C=C\CCCCCCCCCCCCCC(=O)OCC(COC(=O)CCCCCCCCCCCCCCCC)OC(=O)C/C=C\C/C=C\C/C=C\C/C=C\C/C=C\CC. The third-order valence-electron chi connectivity index (χ3n) is 12.7. The van der Waals surface area contributed by atoms with Gasteiger partial charge in [-0.1, -0.05) is 284 Å². The lowest BCUT2D eigenvalue weighted by molar-refractivity contribution is -0.166. The van der Waals surface area contributed by atoms with Crippen LogP contribution >= 0.6 is 0 Å². The Morgan fingerprint density at radius 3 is 0.892 bits per heavy atom. The summed E-state index contributed by atoms with van der Waals surface area (Å²) in [7, 11) is 0. The average molecular weight is 1030 g/mol. The second kappa shape index (κ2) is 61.4. The Hall–Kier alpha value is -4.19. The zero-order chi connectivity index (χ0) is 53.6. The van der Waals surface area contributed by atoms with E-state index in [9.17, 15) is 14.4 Å². The Morgan fingerprint density at radius 1 is 0.297 bits per heavy atom. The van der Waals surface area contributed by atoms with Crippen LogP contribution in [0.3, 0.4) is 0 Å². The van der Waals surface area contributed by atoms with Gasteiger partial charge in [-0.2, -0.15) is 0 Å². The molecule has 0 aromatic heterocycles. The van der Waals surface area contributed by atoms with Crippen LogP contribution in [0.25, 0.3) is 0 Å². The molecular formula is C68H112O6. The molecule has 0 aromatic rings. The normalized spacial score (nSPS) is 13.0. The summed E-state index contributed by atoms with van der Waals surface area (Å²) >= 11 is 0. The molecule has 0 radical (unpaired) electrons. The molecule has 420 valence electrons. The van der Waals surface area contributed by atoms with Crippen molar-refractivity contribution < 1.29 is 28.6 Å². The molecule has 6 nitrogen and oxygen atoms in total. The summed E-state index contributed by atoms with van der Waals surface area (Å²) < 4.78 is 16.8. The van der Waals surface area contributed by atoms with Gasteiger partial charge in [-0.25, -0.2) is 0 Å². The van der Waals surface area contributed by atoms with Crippen molar-refractivity contribution >= 4 is 17.9 Å². The van der Waals surface area contributed by atoms with Gasteiger partial charge in [-0.3, -0.25) is 14.4 Å². The van der Waals surface area contributed by atoms with Crippen LogP contribution in [0, 0.1) is 0 Å². The van der Waals surface area contributed by atoms with Crippen LogP contribution in [0.1, 0.15) is 271 Å². The zero-order valence-electron chi connectivity index (χ0n) is 48.1. The number of hydrogen-bond acceptors (Lipinski definition) is 6. The molecule has 0 saturated carbocycles. The van der Waals surface area contributed by atoms with Crippen LogP contribution < -0.4 is 0 Å². The minimum Gasteiger partial charge on any atom is -0.462 e. The molecule has 0 N–H and O–H groups in total. The zero-order valence-corrected chi connectivity index (χ0v) is 48.1. The molecule has 0 saturated heterocycles. The number of esters is 3. The fraction of sp³-hybridized carbons (Fsp3) is 0.662. The molecular weight excluding hydrogens is 913 g/mol. The summed E-state index contributed by atoms with van der Waals surface area (Å²) in [5.74, 6) is -1.05. The van der Waals surface area contributed by atoms with Gasteiger partial charge < -0.3 is 14.2 Å². The van der Waals surface area contributed by atoms with Crippen LogP contribution in [-0.4, -0.2) is 37.2 Å². The van der Waals surface area contributed by atoms with Crippen molar-refractivity contribution in [2.45, 2.75) is 277 Å². The maximum Gasteiger partial charge on any atom is 0.310 e. The largest absolute Gasteiger partial charge is 0.462 e. The first-order valence-electron chi connectivity index (χ1n) is 30.5. The van der Waals surface area contributed by atoms with Crippen molar-refractivity contribution in [1.29, 1.82) is 0 Å². The summed E-state index contributed by atoms with van der Waals surface area (Å²) in [4.78, 5) is 38.1. The fourth-order valence-corrected chi connectivity index (χ4v) is 8.25. The molecule has 0 spiro atoms. The van der Waals surface area contributed by atoms with Gasteiger partial charge in [0.2, 0.25) is 0 Å². The van der Waals surface area contributed by atoms with E-state index >= 15 is 0 Å². The van der Waals surface area contributed by atoms with Gasteiger partial charge in [-0.15, -0.1) is 0 Å². The van der Waals surface area contributed by atoms with Crippen molar-refractivity contribution in [2.75, 3.05) is 13.2 Å². The molecule has 0 bridgehead atoms. The standard InChI is InChI=1S/C68H112O6/c1-4-7-10-13-16-19-22-25-28-29-30-31-32-33-34-35-36-37-38-39-41-43-46-49-52-55-58-61-67(70)73-64-65(63-72-66(69)60-57-54-51-48-45-42-27-24-21-18-15-12-9-6-3)74-68(71)62-59-56-53-50-47-44-40-26-23-20-17-14-11-8-5-2/h7-8,10-11,16-17,19-20,25-26,28,30-31,33-34,40,47,50,56,59,65H,4-6,9,12-15,18,21-24,27,29,32,35-39,41-46,48-49,51-55,57-58,60-64H2,1-3H3/b10-7-,11-8-,19-16-,20-17-,28-25-,31-30-,34-33-,40-26-,50-47-,59-56-. The predicted molar refractivity (Wildman–Crippen MR) is 320 cm³/mol. The van der Waals surface area contributed by atoms with E-state index < -0.39 is 12.1 Å². The molecule has 0 aliphatic heterocycles. The predicted octanol–water partition coefficient (Wildman–Crippen LogP) is 20.8. The van der Waals surface area contributed by atoms with E-state index in [1.165, 1.54) is 128 Å². The monoisotopic (exact) mass is 1020 g/mol. The lowest BCUT2D eigenvalue weighted by Crippen LogP contribution is -2.30. The molecule has 1 unspecified atom stereocenters. The highest BCUT2D eigenvalue weighted by Crippen LogP contribution is 2.16. The van der Waals surface area contributed by atoms with E-state index in [2.05, 4.69) is 130 Å². The quantitative estimate of drug-likeness (QED) is 0.0261. The van der Waals surface area contributed by atoms with Gasteiger partial charge in [0.1, 0.15) is 13.2 Å². The van der Waals surface area contributed by atoms with E-state index in [0.29, 0.717) is 12.8 Å². The number of rotatable bonds is 54. The maximum atomic E-state index is 12.8. The van der Waals surface area contributed by atoms with Gasteiger partial charge in [0, 0.05) is 12.8 Å². The molecule has 6 heteroatoms. The fourth-order valence-electron chi connectivity index (χ4n) is 8.25. The minimum atomic E-state index is -0.835. The summed E-state index contributed by atoms with van der Waals surface area (Å²) in [5.41, 5.74) is 0. The first-order chi connectivity index (χ1) is 36.5. The number of allylic oxidation sites excluding steroid dienone is 19. The Morgan fingerprint density at radius 2 is 0.568 bits per heavy atom. The third-order valence-corrected chi connectivity index (χ3v) is 12.7. The van der Waals surface area contributed by atoms with Crippen LogP contribution in [0.15, 0.2) is 122 Å². The highest BCUT2D eigenvalue weighted by atomic mass is 16.6. The topological polar surface area (TPSA) is 78.9 Å². The van der Waals surface area contributed by atoms with E-state index in [0.717, 1.165) is 103 Å².